The number of rotatable bonds is 2. The van der Waals surface area contributed by atoms with Crippen LogP contribution < -0.4 is 0 Å². The molecule has 1 aliphatic heterocycles. The van der Waals surface area contributed by atoms with Crippen molar-refractivity contribution in [2.45, 2.75) is 37.8 Å². The molecule has 1 atom stereocenters. The molecule has 1 fully saturated rings. The van der Waals surface area contributed by atoms with Crippen LogP contribution in [0.4, 0.5) is 8.78 Å². The van der Waals surface area contributed by atoms with Crippen LogP contribution in [-0.2, 0) is 37.5 Å². The van der Waals surface area contributed by atoms with Gasteiger partial charge in [0.25, 0.3) is 5.92 Å². The van der Waals surface area contributed by atoms with Crippen molar-refractivity contribution in [3.63, 3.8) is 0 Å². The third kappa shape index (κ3) is 3.21. The van der Waals surface area contributed by atoms with E-state index < -0.39 is 30.5 Å². The molecule has 3 nitrogen and oxygen atoms in total. The Morgan fingerprint density at radius 2 is 2.19 bits per heavy atom. The molecule has 1 unspecified atom stereocenters. The molecule has 1 heterocycles. The quantitative estimate of drug-likeness (QED) is 0.717. The topological polar surface area (TPSA) is 24.7 Å². The van der Waals surface area contributed by atoms with E-state index in [0.717, 1.165) is 4.90 Å². The first-order chi connectivity index (χ1) is 6.84. The van der Waals surface area contributed by atoms with Crippen LogP contribution in [0.2, 0.25) is 0 Å². The van der Waals surface area contributed by atoms with Crippen molar-refractivity contribution in [2.75, 3.05) is 6.54 Å². The normalized spacial score (nSPS) is 27.1. The van der Waals surface area contributed by atoms with Gasteiger partial charge in [0.1, 0.15) is 6.42 Å². The van der Waals surface area contributed by atoms with Crippen molar-refractivity contribution in [3.05, 3.63) is 18.3 Å². The number of hydrogen-bond acceptors (Lipinski definition) is 1. The van der Waals surface area contributed by atoms with E-state index in [2.05, 4.69) is 11.8 Å². The maximum Gasteiger partial charge on any atom is 0.313 e. The van der Waals surface area contributed by atoms with Crippen molar-refractivity contribution >= 4 is 5.91 Å². The van der Waals surface area contributed by atoms with E-state index in [0.29, 0.717) is 6.42 Å². The van der Waals surface area contributed by atoms with Crippen molar-refractivity contribution in [2.24, 2.45) is 0 Å². The number of amides is 1. The maximum absolute atomic E-state index is 13.1. The molecule has 1 aliphatic rings. The summed E-state index contributed by atoms with van der Waals surface area (Å²) in [5.74, 6) is -3.36. The van der Waals surface area contributed by atoms with Gasteiger partial charge in [0.15, 0.2) is 0 Å². The van der Waals surface area contributed by atoms with E-state index >= 15 is 0 Å². The fourth-order valence-electron chi connectivity index (χ4n) is 1.79. The van der Waals surface area contributed by atoms with Crippen LogP contribution in [0, 0.1) is 13.5 Å². The van der Waals surface area contributed by atoms with Crippen molar-refractivity contribution in [1.82, 2.24) is 4.90 Å². The fourth-order valence-corrected chi connectivity index (χ4v) is 1.79. The van der Waals surface area contributed by atoms with E-state index in [1.807, 2.05) is 0 Å². The Kier molecular flexibility index (Phi) is 5.48. The third-order valence-electron chi connectivity index (χ3n) is 2.50. The molecule has 0 aromatic rings. The summed E-state index contributed by atoms with van der Waals surface area (Å²) < 4.78 is 26.2. The summed E-state index contributed by atoms with van der Waals surface area (Å²) in [6, 6.07) is 0. The molecule has 16 heavy (non-hydrogen) atoms. The van der Waals surface area contributed by atoms with Gasteiger partial charge in [-0.2, -0.15) is 6.42 Å². The van der Waals surface area contributed by atoms with E-state index in [-0.39, 0.29) is 39.1 Å². The third-order valence-corrected chi connectivity index (χ3v) is 2.50. The molecule has 0 aromatic carbocycles. The molecule has 1 amide bonds. The molecular weight excluding hydrogens is 291 g/mol. The van der Waals surface area contributed by atoms with Gasteiger partial charge in [-0.05, 0) is 6.42 Å². The van der Waals surface area contributed by atoms with Crippen LogP contribution in [0.15, 0.2) is 0 Å². The fraction of sp³-hybridized carbons (Fsp3) is 0.700. The Hall–Kier alpha value is -0.0761. The number of carbonyl (C=O) groups excluding carboxylic acids is 1. The van der Waals surface area contributed by atoms with E-state index in [1.54, 1.807) is 0 Å². The summed E-state index contributed by atoms with van der Waals surface area (Å²) in [7, 11) is 0. The van der Waals surface area contributed by atoms with Crippen LogP contribution in [0.5, 0.6) is 0 Å². The molecule has 6 heteroatoms. The Labute approximate surface area is 119 Å². The zero-order valence-corrected chi connectivity index (χ0v) is 12.0. The zero-order valence-electron chi connectivity index (χ0n) is 9.17. The van der Waals surface area contributed by atoms with E-state index in [1.165, 1.54) is 6.92 Å². The first-order valence-corrected chi connectivity index (χ1v) is 4.71. The standard InChI is InChI=1S/C10H13F2N2O.Y/c1-4-5-8(15)14-7-10(11,12)6-9(14,2)13-3;/h1,4-7H2,2H3;/q-1;. The molecule has 87 valence electrons. The minimum atomic E-state index is -2.95. The Morgan fingerprint density at radius 3 is 2.62 bits per heavy atom. The van der Waals surface area contributed by atoms with Crippen LogP contribution in [0.3, 0.4) is 0 Å². The van der Waals surface area contributed by atoms with Gasteiger partial charge < -0.3 is 6.92 Å². The van der Waals surface area contributed by atoms with Gasteiger partial charge >= 0.3 is 5.66 Å². The molecule has 1 radical (unpaired) electrons. The molecule has 1 rings (SSSR count). The summed E-state index contributed by atoms with van der Waals surface area (Å²) in [5.41, 5.74) is -1.39. The molecule has 0 aliphatic carbocycles. The minimum Gasteiger partial charge on any atom is -0.343 e. The maximum atomic E-state index is 13.1. The average molecular weight is 304 g/mol. The molecule has 1 saturated heterocycles. The zero-order chi connectivity index (χ0) is 11.7. The summed E-state index contributed by atoms with van der Waals surface area (Å²) in [6.07, 6.45) is -0.109. The monoisotopic (exact) mass is 304 g/mol. The molecule has 0 bridgehead atoms. The Balaban J connectivity index is 0.00000225. The number of alkyl halides is 2. The van der Waals surface area contributed by atoms with E-state index in [9.17, 15) is 13.6 Å². The number of halogens is 2. The summed E-state index contributed by atoms with van der Waals surface area (Å²) in [5, 5.41) is 0. The van der Waals surface area contributed by atoms with Crippen molar-refractivity contribution < 1.29 is 46.3 Å². The number of hydrogen-bond donors (Lipinski definition) is 0. The van der Waals surface area contributed by atoms with Gasteiger partial charge in [0.2, 0.25) is 5.91 Å². The van der Waals surface area contributed by atoms with Gasteiger partial charge in [-0.1, -0.05) is 0 Å². The van der Waals surface area contributed by atoms with Gasteiger partial charge in [-0.15, -0.1) is 0 Å². The second-order valence-electron chi connectivity index (χ2n) is 3.94. The smallest absolute Gasteiger partial charge is 0.313 e. The molecule has 0 saturated carbocycles. The summed E-state index contributed by atoms with van der Waals surface area (Å²) in [4.78, 5) is 15.6. The van der Waals surface area contributed by atoms with E-state index in [4.69, 9.17) is 6.57 Å². The van der Waals surface area contributed by atoms with Crippen LogP contribution in [0.1, 0.15) is 26.2 Å². The largest absolute Gasteiger partial charge is 0.343 e. The summed E-state index contributed by atoms with van der Waals surface area (Å²) >= 11 is 0. The molecule has 0 N–H and O–H groups in total. The van der Waals surface area contributed by atoms with Crippen molar-refractivity contribution in [3.8, 4) is 0 Å². The second-order valence-corrected chi connectivity index (χ2v) is 3.94. The second kappa shape index (κ2) is 5.51. The average Bonchev–Trinajstić information content (AvgIpc) is 2.38. The Bertz CT molecular complexity index is 316. The van der Waals surface area contributed by atoms with Gasteiger partial charge in [0, 0.05) is 39.6 Å². The number of likely N-dealkylation sites (tertiary alicyclic amines) is 1. The van der Waals surface area contributed by atoms with Crippen LogP contribution in [0.25, 0.3) is 4.85 Å². The first-order valence-electron chi connectivity index (χ1n) is 4.71. The van der Waals surface area contributed by atoms with Crippen LogP contribution >= 0.6 is 0 Å². The molecule has 0 spiro atoms. The first kappa shape index (κ1) is 15.9. The van der Waals surface area contributed by atoms with Gasteiger partial charge in [-0.3, -0.25) is 14.5 Å². The Morgan fingerprint density at radius 1 is 1.62 bits per heavy atom. The van der Waals surface area contributed by atoms with Gasteiger partial charge in [-0.25, -0.2) is 15.4 Å². The number of carbonyl (C=O) groups is 1. The van der Waals surface area contributed by atoms with Gasteiger partial charge in [0.05, 0.1) is 6.54 Å². The summed E-state index contributed by atoms with van der Waals surface area (Å²) in [6.45, 7) is 11.1. The molecule has 0 aromatic heterocycles. The predicted molar refractivity (Wildman–Crippen MR) is 50.9 cm³/mol. The number of nitrogens with zero attached hydrogens (tertiary/aromatic N) is 2. The SMILES string of the molecule is [C-]#[N+]C1(C)CC(F)(F)CN1C(=O)CC[CH2-].[Y]. The molecular formula is C10H13F2N2OY-. The predicted octanol–water partition coefficient (Wildman–Crippen LogP) is 2.10. The minimum absolute atomic E-state index is 0. The van der Waals surface area contributed by atoms with Crippen LogP contribution in [-0.4, -0.2) is 28.9 Å². The van der Waals surface area contributed by atoms with Crippen molar-refractivity contribution in [1.29, 1.82) is 0 Å².